The maximum absolute atomic E-state index is 6.07. The van der Waals surface area contributed by atoms with E-state index in [1.165, 1.54) is 32.2 Å². The van der Waals surface area contributed by atoms with E-state index in [9.17, 15) is 0 Å². The summed E-state index contributed by atoms with van der Waals surface area (Å²) >= 11 is 6.07. The van der Waals surface area contributed by atoms with Crippen molar-refractivity contribution in [2.75, 3.05) is 26.7 Å². The van der Waals surface area contributed by atoms with Crippen LogP contribution >= 0.6 is 11.6 Å². The van der Waals surface area contributed by atoms with Crippen LogP contribution in [-0.2, 0) is 0 Å². The van der Waals surface area contributed by atoms with Gasteiger partial charge in [-0.1, -0.05) is 13.3 Å². The Morgan fingerprint density at radius 2 is 2.19 bits per heavy atom. The van der Waals surface area contributed by atoms with Crippen LogP contribution in [0.1, 0.15) is 45.4 Å². The normalized spacial score (nSPS) is 24.6. The van der Waals surface area contributed by atoms with E-state index in [0.717, 1.165) is 32.0 Å². The Kier molecular flexibility index (Phi) is 7.42. The highest BCUT2D eigenvalue weighted by molar-refractivity contribution is 6.20. The van der Waals surface area contributed by atoms with Crippen molar-refractivity contribution in [3.8, 4) is 0 Å². The van der Waals surface area contributed by atoms with Crippen LogP contribution in [0.5, 0.6) is 0 Å². The standard InChI is InChI=1S/C13H27ClN2/c1-3-12(14)7-9-15-10-8-13-6-4-5-11-16(13)2/h12-13,15H,3-11H2,1-2H3. The third-order valence-electron chi connectivity index (χ3n) is 3.65. The van der Waals surface area contributed by atoms with Crippen molar-refractivity contribution >= 4 is 11.6 Å². The number of rotatable bonds is 7. The van der Waals surface area contributed by atoms with Gasteiger partial charge in [-0.15, -0.1) is 11.6 Å². The van der Waals surface area contributed by atoms with Crippen LogP contribution in [0.3, 0.4) is 0 Å². The molecule has 0 aliphatic carbocycles. The smallest absolute Gasteiger partial charge is 0.0345 e. The Labute approximate surface area is 106 Å². The fraction of sp³-hybridized carbons (Fsp3) is 1.00. The highest BCUT2D eigenvalue weighted by atomic mass is 35.5. The first kappa shape index (κ1) is 14.3. The van der Waals surface area contributed by atoms with Crippen molar-refractivity contribution in [3.63, 3.8) is 0 Å². The first-order valence-electron chi connectivity index (χ1n) is 6.79. The molecule has 1 aliphatic heterocycles. The summed E-state index contributed by atoms with van der Waals surface area (Å²) < 4.78 is 0. The lowest BCUT2D eigenvalue weighted by Crippen LogP contribution is -2.38. The SMILES string of the molecule is CCC(Cl)CCNCCC1CCCCN1C. The van der Waals surface area contributed by atoms with Gasteiger partial charge in [0.2, 0.25) is 0 Å². The van der Waals surface area contributed by atoms with Crippen molar-refractivity contribution < 1.29 is 0 Å². The van der Waals surface area contributed by atoms with Crippen molar-refractivity contribution in [1.29, 1.82) is 0 Å². The minimum absolute atomic E-state index is 0.352. The third kappa shape index (κ3) is 5.51. The predicted octanol–water partition coefficient (Wildman–Crippen LogP) is 2.86. The lowest BCUT2D eigenvalue weighted by atomic mass is 10.0. The van der Waals surface area contributed by atoms with Crippen LogP contribution in [-0.4, -0.2) is 43.0 Å². The quantitative estimate of drug-likeness (QED) is 0.549. The van der Waals surface area contributed by atoms with Crippen LogP contribution in [0.15, 0.2) is 0 Å². The molecule has 3 heteroatoms. The lowest BCUT2D eigenvalue weighted by Gasteiger charge is -2.32. The van der Waals surface area contributed by atoms with Gasteiger partial charge >= 0.3 is 0 Å². The van der Waals surface area contributed by atoms with Gasteiger partial charge in [0.25, 0.3) is 0 Å². The van der Waals surface area contributed by atoms with Crippen LogP contribution < -0.4 is 5.32 Å². The van der Waals surface area contributed by atoms with E-state index in [-0.39, 0.29) is 0 Å². The molecule has 1 heterocycles. The number of nitrogens with one attached hydrogen (secondary N) is 1. The van der Waals surface area contributed by atoms with E-state index in [1.807, 2.05) is 0 Å². The molecule has 1 N–H and O–H groups in total. The van der Waals surface area contributed by atoms with Crippen molar-refractivity contribution in [2.45, 2.75) is 56.9 Å². The molecule has 2 atom stereocenters. The molecule has 1 fully saturated rings. The largest absolute Gasteiger partial charge is 0.317 e. The second kappa shape index (κ2) is 8.32. The molecule has 2 nitrogen and oxygen atoms in total. The molecule has 0 bridgehead atoms. The highest BCUT2D eigenvalue weighted by Crippen LogP contribution is 2.17. The number of hydrogen-bond donors (Lipinski definition) is 1. The van der Waals surface area contributed by atoms with Crippen molar-refractivity contribution in [1.82, 2.24) is 10.2 Å². The van der Waals surface area contributed by atoms with E-state index < -0.39 is 0 Å². The molecule has 0 aromatic rings. The molecular formula is C13H27ClN2. The zero-order valence-corrected chi connectivity index (χ0v) is 11.6. The van der Waals surface area contributed by atoms with Gasteiger partial charge < -0.3 is 10.2 Å². The fourth-order valence-electron chi connectivity index (χ4n) is 2.37. The first-order chi connectivity index (χ1) is 7.74. The number of nitrogens with zero attached hydrogens (tertiary/aromatic N) is 1. The maximum Gasteiger partial charge on any atom is 0.0345 e. The van der Waals surface area contributed by atoms with E-state index in [2.05, 4.69) is 24.2 Å². The number of halogens is 1. The van der Waals surface area contributed by atoms with Crippen LogP contribution in [0.2, 0.25) is 0 Å². The van der Waals surface area contributed by atoms with E-state index in [1.54, 1.807) is 0 Å². The first-order valence-corrected chi connectivity index (χ1v) is 7.22. The van der Waals surface area contributed by atoms with Crippen molar-refractivity contribution in [3.05, 3.63) is 0 Å². The summed E-state index contributed by atoms with van der Waals surface area (Å²) in [5, 5.41) is 3.86. The van der Waals surface area contributed by atoms with Gasteiger partial charge in [0.1, 0.15) is 0 Å². The summed E-state index contributed by atoms with van der Waals surface area (Å²) in [7, 11) is 2.26. The van der Waals surface area contributed by atoms with Crippen LogP contribution in [0.25, 0.3) is 0 Å². The molecular weight excluding hydrogens is 220 g/mol. The molecule has 1 saturated heterocycles. The average Bonchev–Trinajstić information content (AvgIpc) is 2.30. The maximum atomic E-state index is 6.07. The molecule has 0 radical (unpaired) electrons. The van der Waals surface area contributed by atoms with Crippen molar-refractivity contribution in [2.24, 2.45) is 0 Å². The predicted molar refractivity (Wildman–Crippen MR) is 72.3 cm³/mol. The molecule has 0 aromatic heterocycles. The minimum atomic E-state index is 0.352. The Hall–Kier alpha value is 0.210. The molecule has 0 saturated carbocycles. The monoisotopic (exact) mass is 246 g/mol. The summed E-state index contributed by atoms with van der Waals surface area (Å²) in [6.45, 7) is 5.64. The Morgan fingerprint density at radius 1 is 1.38 bits per heavy atom. The lowest BCUT2D eigenvalue weighted by molar-refractivity contribution is 0.175. The number of likely N-dealkylation sites (tertiary alicyclic amines) is 1. The van der Waals surface area contributed by atoms with Gasteiger partial charge in [-0.25, -0.2) is 0 Å². The summed E-state index contributed by atoms with van der Waals surface area (Å²) in [4.78, 5) is 2.52. The second-order valence-corrected chi connectivity index (χ2v) is 5.58. The molecule has 0 amide bonds. The Morgan fingerprint density at radius 3 is 2.88 bits per heavy atom. The van der Waals surface area contributed by atoms with Gasteiger partial charge in [-0.3, -0.25) is 0 Å². The number of piperidine rings is 1. The Balaban J connectivity index is 1.97. The van der Waals surface area contributed by atoms with Crippen LogP contribution in [0.4, 0.5) is 0 Å². The summed E-state index contributed by atoms with van der Waals surface area (Å²) in [6, 6.07) is 0.805. The molecule has 2 unspecified atom stereocenters. The molecule has 1 rings (SSSR count). The molecule has 1 aliphatic rings. The number of hydrogen-bond acceptors (Lipinski definition) is 2. The zero-order valence-electron chi connectivity index (χ0n) is 10.8. The minimum Gasteiger partial charge on any atom is -0.317 e. The molecule has 16 heavy (non-hydrogen) atoms. The van der Waals surface area contributed by atoms with Gasteiger partial charge in [0.05, 0.1) is 0 Å². The van der Waals surface area contributed by atoms with Gasteiger partial charge in [0, 0.05) is 11.4 Å². The van der Waals surface area contributed by atoms with Crippen LogP contribution in [0, 0.1) is 0 Å². The second-order valence-electron chi connectivity index (χ2n) is 4.96. The fourth-order valence-corrected chi connectivity index (χ4v) is 2.47. The molecule has 0 spiro atoms. The summed E-state index contributed by atoms with van der Waals surface area (Å²) in [6.07, 6.45) is 7.63. The zero-order chi connectivity index (χ0) is 11.8. The molecule has 96 valence electrons. The third-order valence-corrected chi connectivity index (χ3v) is 4.18. The van der Waals surface area contributed by atoms with E-state index in [0.29, 0.717) is 5.38 Å². The topological polar surface area (TPSA) is 15.3 Å². The van der Waals surface area contributed by atoms with Gasteiger partial charge in [-0.05, 0) is 58.8 Å². The Bertz CT molecular complexity index is 175. The molecule has 0 aromatic carbocycles. The highest BCUT2D eigenvalue weighted by Gasteiger charge is 2.17. The van der Waals surface area contributed by atoms with E-state index >= 15 is 0 Å². The summed E-state index contributed by atoms with van der Waals surface area (Å²) in [5.74, 6) is 0. The summed E-state index contributed by atoms with van der Waals surface area (Å²) in [5.41, 5.74) is 0. The van der Waals surface area contributed by atoms with Gasteiger partial charge in [0.15, 0.2) is 0 Å². The van der Waals surface area contributed by atoms with Gasteiger partial charge in [-0.2, -0.15) is 0 Å². The average molecular weight is 247 g/mol. The van der Waals surface area contributed by atoms with E-state index in [4.69, 9.17) is 11.6 Å². The number of alkyl halides is 1.